The van der Waals surface area contributed by atoms with Crippen LogP contribution in [0.3, 0.4) is 0 Å². The van der Waals surface area contributed by atoms with E-state index in [2.05, 4.69) is 12.2 Å². The molecule has 1 heterocycles. The van der Waals surface area contributed by atoms with Crippen molar-refractivity contribution in [3.05, 3.63) is 0 Å². The van der Waals surface area contributed by atoms with E-state index in [-0.39, 0.29) is 6.61 Å². The van der Waals surface area contributed by atoms with E-state index in [4.69, 9.17) is 4.74 Å². The van der Waals surface area contributed by atoms with Crippen molar-refractivity contribution >= 4 is 0 Å². The quantitative estimate of drug-likeness (QED) is 0.200. The third-order valence-corrected chi connectivity index (χ3v) is 6.27. The van der Waals surface area contributed by atoms with Crippen LogP contribution in [0.1, 0.15) is 110 Å². The Labute approximate surface area is 184 Å². The van der Waals surface area contributed by atoms with Gasteiger partial charge in [-0.15, -0.1) is 0 Å². The number of unbranched alkanes of at least 4 members (excludes halogenated alkanes) is 15. The van der Waals surface area contributed by atoms with E-state index in [0.29, 0.717) is 6.54 Å². The highest BCUT2D eigenvalue weighted by Crippen LogP contribution is 2.20. The van der Waals surface area contributed by atoms with Gasteiger partial charge in [0.25, 0.3) is 0 Å². The van der Waals surface area contributed by atoms with Gasteiger partial charge in [0.05, 0.1) is 6.61 Å². The second kappa shape index (κ2) is 18.3. The number of aliphatic hydroxyl groups is 4. The Morgan fingerprint density at radius 2 is 1.03 bits per heavy atom. The minimum absolute atomic E-state index is 0.387. The van der Waals surface area contributed by atoms with Crippen LogP contribution < -0.4 is 5.32 Å². The summed E-state index contributed by atoms with van der Waals surface area (Å²) < 4.78 is 5.44. The lowest BCUT2D eigenvalue weighted by Crippen LogP contribution is -2.62. The molecule has 0 aromatic heterocycles. The highest BCUT2D eigenvalue weighted by Gasteiger charge is 2.42. The standard InChI is InChI=1S/C24H49NO5/c1-2-3-4-5-6-7-8-9-10-11-12-13-14-15-16-17-18-25-24-23(29)22(28)21(27)20(19-26)30-24/h20-29H,2-19H2,1H3/t20-,21-,22+,23-,24+/m1/s1. The summed E-state index contributed by atoms with van der Waals surface area (Å²) in [7, 11) is 0. The first-order valence-corrected chi connectivity index (χ1v) is 12.7. The fourth-order valence-corrected chi connectivity index (χ4v) is 4.19. The molecule has 6 heteroatoms. The molecule has 30 heavy (non-hydrogen) atoms. The fraction of sp³-hybridized carbons (Fsp3) is 1.00. The molecule has 180 valence electrons. The van der Waals surface area contributed by atoms with Crippen molar-refractivity contribution in [2.75, 3.05) is 13.2 Å². The predicted molar refractivity (Wildman–Crippen MR) is 121 cm³/mol. The molecule has 6 nitrogen and oxygen atoms in total. The van der Waals surface area contributed by atoms with Gasteiger partial charge in [0.15, 0.2) is 0 Å². The van der Waals surface area contributed by atoms with Crippen molar-refractivity contribution in [1.29, 1.82) is 0 Å². The van der Waals surface area contributed by atoms with E-state index in [1.165, 1.54) is 89.9 Å². The summed E-state index contributed by atoms with van der Waals surface area (Å²) in [6.07, 6.45) is 15.9. The van der Waals surface area contributed by atoms with Gasteiger partial charge in [-0.25, -0.2) is 0 Å². The van der Waals surface area contributed by atoms with Gasteiger partial charge in [-0.05, 0) is 13.0 Å². The summed E-state index contributed by atoms with van der Waals surface area (Å²) in [4.78, 5) is 0. The molecule has 5 atom stereocenters. The van der Waals surface area contributed by atoms with Gasteiger partial charge in [0.2, 0.25) is 0 Å². The zero-order chi connectivity index (χ0) is 22.0. The summed E-state index contributed by atoms with van der Waals surface area (Å²) in [5.74, 6) is 0. The first-order valence-electron chi connectivity index (χ1n) is 12.7. The van der Waals surface area contributed by atoms with Gasteiger partial charge in [0, 0.05) is 0 Å². The van der Waals surface area contributed by atoms with Crippen LogP contribution in [0.5, 0.6) is 0 Å². The Balaban J connectivity index is 1.85. The number of nitrogens with one attached hydrogen (secondary N) is 1. The van der Waals surface area contributed by atoms with E-state index >= 15 is 0 Å². The van der Waals surface area contributed by atoms with Crippen LogP contribution in [0.15, 0.2) is 0 Å². The molecule has 0 amide bonds. The molecule has 0 aliphatic carbocycles. The molecule has 0 aromatic carbocycles. The zero-order valence-electron chi connectivity index (χ0n) is 19.3. The maximum atomic E-state index is 9.98. The van der Waals surface area contributed by atoms with Crippen molar-refractivity contribution in [3.8, 4) is 0 Å². The second-order valence-corrected chi connectivity index (χ2v) is 9.01. The lowest BCUT2D eigenvalue weighted by atomic mass is 9.98. The van der Waals surface area contributed by atoms with Gasteiger partial charge in [-0.3, -0.25) is 5.32 Å². The lowest BCUT2D eigenvalue weighted by molar-refractivity contribution is -0.236. The molecule has 0 radical (unpaired) electrons. The monoisotopic (exact) mass is 431 g/mol. The summed E-state index contributed by atoms with van der Waals surface area (Å²) in [6.45, 7) is 2.56. The van der Waals surface area contributed by atoms with Gasteiger partial charge in [0.1, 0.15) is 30.6 Å². The van der Waals surface area contributed by atoms with Crippen molar-refractivity contribution in [2.45, 2.75) is 140 Å². The summed E-state index contributed by atoms with van der Waals surface area (Å²) in [5.41, 5.74) is 0. The molecule has 1 saturated heterocycles. The van der Waals surface area contributed by atoms with Gasteiger partial charge in [-0.2, -0.15) is 0 Å². The molecule has 0 saturated carbocycles. The molecule has 1 fully saturated rings. The zero-order valence-corrected chi connectivity index (χ0v) is 19.3. The van der Waals surface area contributed by atoms with Crippen LogP contribution in [-0.2, 0) is 4.74 Å². The van der Waals surface area contributed by atoms with E-state index < -0.39 is 30.6 Å². The Bertz CT molecular complexity index is 383. The van der Waals surface area contributed by atoms with Crippen LogP contribution in [0.25, 0.3) is 0 Å². The highest BCUT2D eigenvalue weighted by molar-refractivity contribution is 4.90. The molecule has 0 aromatic rings. The molecule has 0 unspecified atom stereocenters. The Morgan fingerprint density at radius 3 is 1.47 bits per heavy atom. The summed E-state index contributed by atoms with van der Waals surface area (Å²) in [6, 6.07) is 0. The van der Waals surface area contributed by atoms with Crippen molar-refractivity contribution in [2.24, 2.45) is 0 Å². The average Bonchev–Trinajstić information content (AvgIpc) is 2.75. The van der Waals surface area contributed by atoms with Crippen LogP contribution in [0.2, 0.25) is 0 Å². The maximum absolute atomic E-state index is 9.98. The van der Waals surface area contributed by atoms with Gasteiger partial charge in [-0.1, -0.05) is 103 Å². The third-order valence-electron chi connectivity index (χ3n) is 6.27. The average molecular weight is 432 g/mol. The summed E-state index contributed by atoms with van der Waals surface area (Å²) in [5, 5.41) is 41.8. The predicted octanol–water partition coefficient (Wildman–Crippen LogP) is 3.64. The molecule has 1 aliphatic heterocycles. The van der Waals surface area contributed by atoms with Crippen LogP contribution in [0.4, 0.5) is 0 Å². The highest BCUT2D eigenvalue weighted by atomic mass is 16.6. The topological polar surface area (TPSA) is 102 Å². The minimum atomic E-state index is -1.31. The molecule has 0 bridgehead atoms. The first kappa shape index (κ1) is 27.8. The van der Waals surface area contributed by atoms with Gasteiger partial charge >= 0.3 is 0 Å². The van der Waals surface area contributed by atoms with Crippen molar-refractivity contribution in [1.82, 2.24) is 5.32 Å². The molecular formula is C24H49NO5. The summed E-state index contributed by atoms with van der Waals surface area (Å²) >= 11 is 0. The fourth-order valence-electron chi connectivity index (χ4n) is 4.19. The Hall–Kier alpha value is -0.240. The van der Waals surface area contributed by atoms with E-state index in [1.807, 2.05) is 0 Å². The minimum Gasteiger partial charge on any atom is -0.394 e. The van der Waals surface area contributed by atoms with Crippen molar-refractivity contribution in [3.63, 3.8) is 0 Å². The molecule has 1 rings (SSSR count). The maximum Gasteiger partial charge on any atom is 0.137 e. The van der Waals surface area contributed by atoms with E-state index in [9.17, 15) is 20.4 Å². The molecule has 1 aliphatic rings. The smallest absolute Gasteiger partial charge is 0.137 e. The number of rotatable bonds is 19. The number of hydrogen-bond donors (Lipinski definition) is 5. The van der Waals surface area contributed by atoms with Crippen LogP contribution >= 0.6 is 0 Å². The van der Waals surface area contributed by atoms with Gasteiger partial charge < -0.3 is 25.2 Å². The Kier molecular flexibility index (Phi) is 17.0. The van der Waals surface area contributed by atoms with Crippen LogP contribution in [0, 0.1) is 0 Å². The second-order valence-electron chi connectivity index (χ2n) is 9.01. The normalized spacial score (nSPS) is 26.9. The van der Waals surface area contributed by atoms with E-state index in [1.54, 1.807) is 0 Å². The largest absolute Gasteiger partial charge is 0.394 e. The Morgan fingerprint density at radius 1 is 0.600 bits per heavy atom. The van der Waals surface area contributed by atoms with Crippen LogP contribution in [-0.4, -0.2) is 64.2 Å². The number of ether oxygens (including phenoxy) is 1. The lowest BCUT2D eigenvalue weighted by Gasteiger charge is -2.40. The van der Waals surface area contributed by atoms with E-state index in [0.717, 1.165) is 12.8 Å². The first-order chi connectivity index (χ1) is 14.6. The molecular weight excluding hydrogens is 382 g/mol. The third kappa shape index (κ3) is 12.0. The van der Waals surface area contributed by atoms with Crippen molar-refractivity contribution < 1.29 is 25.2 Å². The number of aliphatic hydroxyl groups excluding tert-OH is 4. The molecule has 0 spiro atoms. The molecule has 5 N–H and O–H groups in total. The number of hydrogen-bond acceptors (Lipinski definition) is 6. The SMILES string of the molecule is CCCCCCCCCCCCCCCCCCN[C@H]1O[C@H](CO)[C@@H](O)[C@H](O)[C@H]1O.